The summed E-state index contributed by atoms with van der Waals surface area (Å²) in [5.41, 5.74) is -6.79. The number of carbonyl (C=O) groups is 1. The van der Waals surface area contributed by atoms with Crippen LogP contribution in [0.3, 0.4) is 0 Å². The van der Waals surface area contributed by atoms with Crippen LogP contribution in [-0.2, 0) is 16.5 Å². The maximum absolute atomic E-state index is 13.7. The van der Waals surface area contributed by atoms with Gasteiger partial charge in [-0.2, -0.15) is 39.5 Å². The number of methoxy groups -OCH3 is 1. The number of allylic oxidation sites excluding steroid dienone is 1. The number of aliphatic hydroxyl groups is 1. The van der Waals surface area contributed by atoms with Gasteiger partial charge in [-0.25, -0.2) is 4.79 Å². The molecule has 0 unspecified atom stereocenters. The Morgan fingerprint density at radius 3 is 2.16 bits per heavy atom. The van der Waals surface area contributed by atoms with Gasteiger partial charge in [-0.15, -0.1) is 0 Å². The third-order valence-corrected chi connectivity index (χ3v) is 8.44. The molecule has 2 aliphatic rings. The number of aryl methyl sites for hydroxylation is 1. The first kappa shape index (κ1) is 34.5. The first-order valence-electron chi connectivity index (χ1n) is 13.9. The normalized spacial score (nSPS) is 21.3. The molecule has 5 nitrogen and oxygen atoms in total. The minimum absolute atomic E-state index is 0.0491. The summed E-state index contributed by atoms with van der Waals surface area (Å²) in [5, 5.41) is 10.1. The van der Waals surface area contributed by atoms with Crippen molar-refractivity contribution in [1.29, 1.82) is 0 Å². The first-order chi connectivity index (χ1) is 20.5. The molecule has 1 heterocycles. The van der Waals surface area contributed by atoms with E-state index in [1.807, 2.05) is 13.8 Å². The first-order valence-corrected chi connectivity index (χ1v) is 13.9. The van der Waals surface area contributed by atoms with Gasteiger partial charge in [0, 0.05) is 17.7 Å². The summed E-state index contributed by atoms with van der Waals surface area (Å²) >= 11 is 0. The largest absolute Gasteiger partial charge is 0.496 e. The molecule has 1 amide bonds. The third kappa shape index (κ3) is 6.48. The van der Waals surface area contributed by atoms with Gasteiger partial charge in [0.2, 0.25) is 0 Å². The molecule has 0 bridgehead atoms. The number of hydrogen-bond donors (Lipinski definition) is 1. The van der Waals surface area contributed by atoms with Crippen LogP contribution in [0.1, 0.15) is 74.0 Å². The van der Waals surface area contributed by atoms with Gasteiger partial charge in [-0.1, -0.05) is 31.5 Å². The molecule has 1 aliphatic carbocycles. The average Bonchev–Trinajstić information content (AvgIpc) is 3.18. The van der Waals surface area contributed by atoms with Crippen LogP contribution in [0.25, 0.3) is 5.57 Å². The molecule has 1 N–H and O–H groups in total. The van der Waals surface area contributed by atoms with Crippen molar-refractivity contribution in [1.82, 2.24) is 4.90 Å². The molecule has 4 rings (SSSR count). The van der Waals surface area contributed by atoms with E-state index in [4.69, 9.17) is 9.47 Å². The Morgan fingerprint density at radius 1 is 0.978 bits per heavy atom. The van der Waals surface area contributed by atoms with Gasteiger partial charge in [0.05, 0.1) is 18.7 Å². The summed E-state index contributed by atoms with van der Waals surface area (Å²) < 4.78 is 134. The number of nitrogens with zero attached hydrogens (tertiary/aromatic N) is 1. The van der Waals surface area contributed by atoms with Gasteiger partial charge in [-0.05, 0) is 79.5 Å². The zero-order valence-corrected chi connectivity index (χ0v) is 25.0. The Bertz CT molecular complexity index is 1480. The summed E-state index contributed by atoms with van der Waals surface area (Å²) in [7, 11) is 1.19. The molecule has 1 fully saturated rings. The summed E-state index contributed by atoms with van der Waals surface area (Å²) in [6, 6.07) is 4.57. The number of halogens is 9. The second-order valence-electron chi connectivity index (χ2n) is 12.3. The van der Waals surface area contributed by atoms with E-state index in [1.54, 1.807) is 6.92 Å². The SMILES string of the molecule is COc1ccc(C(O)(C(F)(F)F)C(F)(F)F)cc1C1=C(CN2C(=O)O[C@H](c3cc(C)cc(C(F)(F)F)c3)[C@@H]2C)CC(C)(C)CC1. The van der Waals surface area contributed by atoms with Crippen LogP contribution in [0.4, 0.5) is 44.3 Å². The second-order valence-corrected chi connectivity index (χ2v) is 12.3. The molecule has 2 aromatic rings. The number of hydrogen-bond acceptors (Lipinski definition) is 4. The molecule has 45 heavy (non-hydrogen) atoms. The number of rotatable bonds is 6. The summed E-state index contributed by atoms with van der Waals surface area (Å²) in [4.78, 5) is 14.4. The predicted octanol–water partition coefficient (Wildman–Crippen LogP) is 8.88. The highest BCUT2D eigenvalue weighted by molar-refractivity contribution is 5.77. The Morgan fingerprint density at radius 2 is 1.60 bits per heavy atom. The summed E-state index contributed by atoms with van der Waals surface area (Å²) in [6.07, 6.45) is -17.8. The van der Waals surface area contributed by atoms with Gasteiger partial charge in [0.15, 0.2) is 0 Å². The zero-order valence-electron chi connectivity index (χ0n) is 25.0. The van der Waals surface area contributed by atoms with E-state index >= 15 is 0 Å². The standard InChI is InChI=1S/C31H32F9NO4/c1-16-10-18(12-21(11-16)29(32,33)34)25-17(2)41(26(42)45-25)15-19-14-27(3,4)9-8-22(19)23-13-20(6-7-24(23)44-5)28(43,30(35,36)37)31(38,39)40/h6-7,10-13,17,25,43H,8-9,14-15H2,1-5H3/t17-,25-/m0/s1. The van der Waals surface area contributed by atoms with Gasteiger partial charge in [-0.3, -0.25) is 4.90 Å². The molecular weight excluding hydrogens is 621 g/mol. The number of amides is 1. The molecule has 0 aromatic heterocycles. The maximum Gasteiger partial charge on any atom is 0.430 e. The smallest absolute Gasteiger partial charge is 0.430 e. The van der Waals surface area contributed by atoms with Crippen LogP contribution < -0.4 is 4.74 Å². The van der Waals surface area contributed by atoms with Crippen LogP contribution in [0.2, 0.25) is 0 Å². The molecule has 1 aliphatic heterocycles. The van der Waals surface area contributed by atoms with Gasteiger partial charge < -0.3 is 14.6 Å². The van der Waals surface area contributed by atoms with Crippen molar-refractivity contribution >= 4 is 11.7 Å². The van der Waals surface area contributed by atoms with Crippen molar-refractivity contribution in [3.8, 4) is 5.75 Å². The minimum Gasteiger partial charge on any atom is -0.496 e. The molecule has 0 saturated carbocycles. The number of alkyl halides is 9. The van der Waals surface area contributed by atoms with E-state index in [9.17, 15) is 49.4 Å². The monoisotopic (exact) mass is 653 g/mol. The average molecular weight is 654 g/mol. The van der Waals surface area contributed by atoms with Gasteiger partial charge >= 0.3 is 24.6 Å². The second kappa shape index (κ2) is 11.4. The van der Waals surface area contributed by atoms with Crippen molar-refractivity contribution in [3.05, 3.63) is 69.8 Å². The zero-order chi connectivity index (χ0) is 33.9. The number of cyclic esters (lactones) is 1. The lowest BCUT2D eigenvalue weighted by Gasteiger charge is -2.36. The van der Waals surface area contributed by atoms with Gasteiger partial charge in [0.1, 0.15) is 11.9 Å². The van der Waals surface area contributed by atoms with Crippen LogP contribution in [0, 0.1) is 12.3 Å². The molecule has 248 valence electrons. The highest BCUT2D eigenvalue weighted by Gasteiger charge is 2.71. The Kier molecular flexibility index (Phi) is 8.75. The number of ether oxygens (including phenoxy) is 2. The van der Waals surface area contributed by atoms with Crippen molar-refractivity contribution in [2.75, 3.05) is 13.7 Å². The van der Waals surface area contributed by atoms with Crippen LogP contribution in [0.15, 0.2) is 42.0 Å². The Hall–Kier alpha value is -3.42. The highest BCUT2D eigenvalue weighted by atomic mass is 19.4. The van der Waals surface area contributed by atoms with Gasteiger partial charge in [0.25, 0.3) is 5.60 Å². The van der Waals surface area contributed by atoms with E-state index in [0.717, 1.165) is 18.2 Å². The number of carbonyl (C=O) groups excluding carboxylic acids is 1. The van der Waals surface area contributed by atoms with E-state index < -0.39 is 53.5 Å². The predicted molar refractivity (Wildman–Crippen MR) is 145 cm³/mol. The van der Waals surface area contributed by atoms with Crippen LogP contribution in [-0.4, -0.2) is 48.1 Å². The van der Waals surface area contributed by atoms with E-state index in [-0.39, 0.29) is 41.7 Å². The lowest BCUT2D eigenvalue weighted by atomic mass is 9.72. The highest BCUT2D eigenvalue weighted by Crippen LogP contribution is 2.52. The minimum atomic E-state index is -6.10. The summed E-state index contributed by atoms with van der Waals surface area (Å²) in [5.74, 6) is -0.0491. The van der Waals surface area contributed by atoms with E-state index in [0.29, 0.717) is 35.3 Å². The molecule has 14 heteroatoms. The quantitative estimate of drug-likeness (QED) is 0.317. The molecule has 2 aromatic carbocycles. The van der Waals surface area contributed by atoms with Crippen LogP contribution >= 0.6 is 0 Å². The number of benzene rings is 2. The molecule has 2 atom stereocenters. The Balaban J connectivity index is 1.80. The fourth-order valence-corrected chi connectivity index (χ4v) is 6.05. The fraction of sp³-hybridized carbons (Fsp3) is 0.516. The van der Waals surface area contributed by atoms with Crippen LogP contribution in [0.5, 0.6) is 5.75 Å². The lowest BCUT2D eigenvalue weighted by molar-refractivity contribution is -0.376. The topological polar surface area (TPSA) is 59.0 Å². The molecule has 1 saturated heterocycles. The van der Waals surface area contributed by atoms with Crippen molar-refractivity contribution < 1.29 is 58.9 Å². The van der Waals surface area contributed by atoms with Crippen molar-refractivity contribution in [2.24, 2.45) is 5.41 Å². The lowest BCUT2D eigenvalue weighted by Crippen LogP contribution is -2.53. The van der Waals surface area contributed by atoms with Crippen molar-refractivity contribution in [2.45, 2.75) is 83.2 Å². The third-order valence-electron chi connectivity index (χ3n) is 8.44. The van der Waals surface area contributed by atoms with Crippen molar-refractivity contribution in [3.63, 3.8) is 0 Å². The fourth-order valence-electron chi connectivity index (χ4n) is 6.05. The molecular formula is C31H32F9NO4. The van der Waals surface area contributed by atoms with E-state index in [1.165, 1.54) is 25.0 Å². The Labute approximate surface area is 253 Å². The maximum atomic E-state index is 13.7. The molecule has 0 radical (unpaired) electrons. The van der Waals surface area contributed by atoms with E-state index in [2.05, 4.69) is 0 Å². The molecule has 0 spiro atoms. The summed E-state index contributed by atoms with van der Waals surface area (Å²) in [6.45, 7) is 6.70.